The summed E-state index contributed by atoms with van der Waals surface area (Å²) < 4.78 is 0. The van der Waals surface area contributed by atoms with Crippen molar-refractivity contribution in [2.45, 2.75) is 65.5 Å². The number of amides is 2. The summed E-state index contributed by atoms with van der Waals surface area (Å²) in [7, 11) is 0. The third-order valence-corrected chi connectivity index (χ3v) is 3.78. The third kappa shape index (κ3) is 6.04. The van der Waals surface area contributed by atoms with Gasteiger partial charge >= 0.3 is 5.97 Å². The molecule has 1 aliphatic rings. The molecule has 1 heterocycles. The van der Waals surface area contributed by atoms with Crippen LogP contribution in [0.2, 0.25) is 0 Å². The van der Waals surface area contributed by atoms with Crippen LogP contribution in [0.3, 0.4) is 0 Å². The molecule has 2 atom stereocenters. The van der Waals surface area contributed by atoms with Crippen LogP contribution in [-0.4, -0.2) is 46.4 Å². The zero-order chi connectivity index (χ0) is 17.6. The smallest absolute Gasteiger partial charge is 0.326 e. The van der Waals surface area contributed by atoms with E-state index in [1.54, 1.807) is 24.0 Å². The van der Waals surface area contributed by atoms with E-state index in [4.69, 9.17) is 0 Å². The maximum absolute atomic E-state index is 12.4. The van der Waals surface area contributed by atoms with Gasteiger partial charge in [-0.25, -0.2) is 4.79 Å². The van der Waals surface area contributed by atoms with Crippen LogP contribution >= 0.6 is 0 Å². The second-order valence-corrected chi connectivity index (χ2v) is 7.19. The van der Waals surface area contributed by atoms with E-state index in [1.807, 2.05) is 20.8 Å². The molecule has 6 nitrogen and oxygen atoms in total. The van der Waals surface area contributed by atoms with E-state index in [0.717, 1.165) is 6.42 Å². The number of likely N-dealkylation sites (tertiary alicyclic amines) is 1. The van der Waals surface area contributed by atoms with Gasteiger partial charge in [-0.05, 0) is 31.6 Å². The summed E-state index contributed by atoms with van der Waals surface area (Å²) in [6.45, 7) is 8.29. The molecular weight excluding hydrogens is 296 g/mol. The van der Waals surface area contributed by atoms with Gasteiger partial charge in [0.25, 0.3) is 0 Å². The number of carbonyl (C=O) groups excluding carboxylic acids is 2. The Morgan fingerprint density at radius 3 is 2.52 bits per heavy atom. The number of hydrogen-bond acceptors (Lipinski definition) is 3. The Morgan fingerprint density at radius 1 is 1.35 bits per heavy atom. The van der Waals surface area contributed by atoms with Crippen LogP contribution in [-0.2, 0) is 14.4 Å². The van der Waals surface area contributed by atoms with E-state index in [1.165, 1.54) is 0 Å². The molecule has 0 saturated carbocycles. The highest BCUT2D eigenvalue weighted by atomic mass is 16.4. The van der Waals surface area contributed by atoms with Crippen molar-refractivity contribution in [1.29, 1.82) is 0 Å². The Morgan fingerprint density at radius 2 is 2.00 bits per heavy atom. The molecule has 1 aliphatic heterocycles. The number of carbonyl (C=O) groups is 3. The van der Waals surface area contributed by atoms with Gasteiger partial charge in [-0.15, -0.1) is 0 Å². The number of nitrogens with zero attached hydrogens (tertiary/aromatic N) is 1. The fraction of sp³-hybridized carbons (Fsp3) is 0.706. The van der Waals surface area contributed by atoms with E-state index < -0.39 is 18.1 Å². The standard InChI is InChI=1S/C17H28N2O4/c1-5-6-8-12(16(22)23)18-15(21)13-9-7-10-19(13)14(20)11-17(2,3)4/h5-6,12-13H,7-11H2,1-4H3,(H,18,21)(H,22,23)/b6-5+. The van der Waals surface area contributed by atoms with Gasteiger partial charge in [0.15, 0.2) is 0 Å². The highest BCUT2D eigenvalue weighted by Crippen LogP contribution is 2.25. The summed E-state index contributed by atoms with van der Waals surface area (Å²) >= 11 is 0. The van der Waals surface area contributed by atoms with Crippen molar-refractivity contribution in [2.75, 3.05) is 6.54 Å². The second-order valence-electron chi connectivity index (χ2n) is 7.19. The molecule has 130 valence electrons. The number of rotatable bonds is 6. The minimum atomic E-state index is -1.07. The Labute approximate surface area is 137 Å². The second kappa shape index (κ2) is 8.13. The van der Waals surface area contributed by atoms with Crippen LogP contribution in [0.5, 0.6) is 0 Å². The zero-order valence-electron chi connectivity index (χ0n) is 14.5. The molecule has 1 fully saturated rings. The number of carboxylic acids is 1. The summed E-state index contributed by atoms with van der Waals surface area (Å²) in [4.78, 5) is 37.6. The lowest BCUT2D eigenvalue weighted by Crippen LogP contribution is -2.51. The van der Waals surface area contributed by atoms with Crippen molar-refractivity contribution >= 4 is 17.8 Å². The summed E-state index contributed by atoms with van der Waals surface area (Å²) in [6.07, 6.45) is 5.41. The Hall–Kier alpha value is -1.85. The molecule has 0 aromatic heterocycles. The van der Waals surface area contributed by atoms with Gasteiger partial charge in [-0.1, -0.05) is 32.9 Å². The molecule has 2 amide bonds. The minimum absolute atomic E-state index is 0.0459. The molecule has 0 aromatic carbocycles. The molecule has 23 heavy (non-hydrogen) atoms. The van der Waals surface area contributed by atoms with Gasteiger partial charge in [0.2, 0.25) is 11.8 Å². The lowest BCUT2D eigenvalue weighted by Gasteiger charge is -2.28. The summed E-state index contributed by atoms with van der Waals surface area (Å²) in [5, 5.41) is 11.7. The highest BCUT2D eigenvalue weighted by molar-refractivity contribution is 5.91. The lowest BCUT2D eigenvalue weighted by molar-refractivity contribution is -0.144. The van der Waals surface area contributed by atoms with Crippen LogP contribution in [0.15, 0.2) is 12.2 Å². The van der Waals surface area contributed by atoms with Crippen molar-refractivity contribution in [3.05, 3.63) is 12.2 Å². The molecule has 0 radical (unpaired) electrons. The predicted octanol–water partition coefficient (Wildman–Crippen LogP) is 1.95. The van der Waals surface area contributed by atoms with Crippen LogP contribution < -0.4 is 5.32 Å². The van der Waals surface area contributed by atoms with Crippen molar-refractivity contribution in [3.63, 3.8) is 0 Å². The van der Waals surface area contributed by atoms with Gasteiger partial charge in [0, 0.05) is 13.0 Å². The topological polar surface area (TPSA) is 86.7 Å². The maximum Gasteiger partial charge on any atom is 0.326 e. The molecule has 0 aliphatic carbocycles. The van der Waals surface area contributed by atoms with Gasteiger partial charge in [0.05, 0.1) is 0 Å². The molecular formula is C17H28N2O4. The molecule has 0 spiro atoms. The largest absolute Gasteiger partial charge is 0.480 e. The predicted molar refractivity (Wildman–Crippen MR) is 87.8 cm³/mol. The summed E-state index contributed by atoms with van der Waals surface area (Å²) in [5.41, 5.74) is -0.143. The first kappa shape index (κ1) is 19.2. The van der Waals surface area contributed by atoms with Crippen LogP contribution in [0.25, 0.3) is 0 Å². The van der Waals surface area contributed by atoms with E-state index >= 15 is 0 Å². The average molecular weight is 324 g/mol. The lowest BCUT2D eigenvalue weighted by atomic mass is 9.91. The minimum Gasteiger partial charge on any atom is -0.480 e. The Balaban J connectivity index is 2.73. The van der Waals surface area contributed by atoms with Crippen molar-refractivity contribution in [1.82, 2.24) is 10.2 Å². The fourth-order valence-corrected chi connectivity index (χ4v) is 2.65. The van der Waals surface area contributed by atoms with Gasteiger partial charge in [0.1, 0.15) is 12.1 Å². The summed E-state index contributed by atoms with van der Waals surface area (Å²) in [5.74, 6) is -1.49. The highest BCUT2D eigenvalue weighted by Gasteiger charge is 2.36. The Kier molecular flexibility index (Phi) is 6.79. The van der Waals surface area contributed by atoms with E-state index in [9.17, 15) is 19.5 Å². The van der Waals surface area contributed by atoms with Crippen molar-refractivity contribution < 1.29 is 19.5 Å². The first-order chi connectivity index (χ1) is 10.7. The quantitative estimate of drug-likeness (QED) is 0.731. The normalized spacial score (nSPS) is 19.8. The van der Waals surface area contributed by atoms with E-state index in [2.05, 4.69) is 5.32 Å². The van der Waals surface area contributed by atoms with Crippen molar-refractivity contribution in [3.8, 4) is 0 Å². The molecule has 1 saturated heterocycles. The number of allylic oxidation sites excluding steroid dienone is 1. The third-order valence-electron chi connectivity index (χ3n) is 3.78. The Bertz CT molecular complexity index is 479. The first-order valence-corrected chi connectivity index (χ1v) is 8.09. The number of hydrogen-bond donors (Lipinski definition) is 2. The average Bonchev–Trinajstić information content (AvgIpc) is 2.90. The van der Waals surface area contributed by atoms with Gasteiger partial charge in [-0.3, -0.25) is 9.59 Å². The maximum atomic E-state index is 12.4. The van der Waals surface area contributed by atoms with Gasteiger partial charge in [-0.2, -0.15) is 0 Å². The number of aliphatic carboxylic acids is 1. The molecule has 2 unspecified atom stereocenters. The van der Waals surface area contributed by atoms with Crippen LogP contribution in [0.4, 0.5) is 0 Å². The molecule has 0 aromatic rings. The molecule has 6 heteroatoms. The number of carboxylic acid groups (broad SMARTS) is 1. The van der Waals surface area contributed by atoms with E-state index in [0.29, 0.717) is 19.4 Å². The zero-order valence-corrected chi connectivity index (χ0v) is 14.5. The van der Waals surface area contributed by atoms with Crippen LogP contribution in [0.1, 0.15) is 53.4 Å². The van der Waals surface area contributed by atoms with Gasteiger partial charge < -0.3 is 15.3 Å². The van der Waals surface area contributed by atoms with Crippen LogP contribution in [0, 0.1) is 5.41 Å². The SMILES string of the molecule is C/C=C/CC(NC(=O)C1CCCN1C(=O)CC(C)(C)C)C(=O)O. The molecule has 0 bridgehead atoms. The van der Waals surface area contributed by atoms with E-state index in [-0.39, 0.29) is 23.7 Å². The number of nitrogens with one attached hydrogen (secondary N) is 1. The van der Waals surface area contributed by atoms with Crippen molar-refractivity contribution in [2.24, 2.45) is 5.41 Å². The summed E-state index contributed by atoms with van der Waals surface area (Å²) in [6, 6.07) is -1.52. The monoisotopic (exact) mass is 324 g/mol. The first-order valence-electron chi connectivity index (χ1n) is 8.09. The fourth-order valence-electron chi connectivity index (χ4n) is 2.65. The molecule has 2 N–H and O–H groups in total. The molecule has 1 rings (SSSR count).